The first-order valence-electron chi connectivity index (χ1n) is 9.88. The summed E-state index contributed by atoms with van der Waals surface area (Å²) in [6, 6.07) is 12.5. The van der Waals surface area contributed by atoms with Gasteiger partial charge in [0.25, 0.3) is 5.91 Å². The fourth-order valence-corrected chi connectivity index (χ4v) is 5.20. The van der Waals surface area contributed by atoms with Crippen molar-refractivity contribution in [3.63, 3.8) is 0 Å². The number of hydrogen-bond donors (Lipinski definition) is 1. The summed E-state index contributed by atoms with van der Waals surface area (Å²) in [5.74, 6) is 0.473. The Hall–Kier alpha value is -1.89. The molecule has 0 radical (unpaired) electrons. The Balaban J connectivity index is 1.48. The second kappa shape index (κ2) is 9.28. The lowest BCUT2D eigenvalue weighted by Crippen LogP contribution is -2.39. The van der Waals surface area contributed by atoms with Crippen LogP contribution >= 0.6 is 11.6 Å². The lowest BCUT2D eigenvalue weighted by atomic mass is 9.93. The maximum Gasteiger partial charge on any atom is 0.253 e. The third-order valence-corrected chi connectivity index (χ3v) is 7.57. The van der Waals surface area contributed by atoms with Gasteiger partial charge in [-0.25, -0.2) is 13.1 Å². The van der Waals surface area contributed by atoms with Crippen LogP contribution in [0.4, 0.5) is 0 Å². The molecule has 1 aliphatic rings. The molecule has 3 rings (SSSR count). The number of carbonyl (C=O) groups is 1. The second-order valence-corrected chi connectivity index (χ2v) is 9.79. The maximum atomic E-state index is 12.6. The predicted octanol–water partition coefficient (Wildman–Crippen LogP) is 4.18. The minimum Gasteiger partial charge on any atom is -0.339 e. The van der Waals surface area contributed by atoms with E-state index in [0.29, 0.717) is 36.1 Å². The van der Waals surface area contributed by atoms with Crippen molar-refractivity contribution in [1.29, 1.82) is 0 Å². The lowest BCUT2D eigenvalue weighted by Gasteiger charge is -2.32. The molecule has 7 heteroatoms. The molecule has 1 aliphatic heterocycles. The number of piperidine rings is 1. The number of sulfonamides is 1. The molecule has 0 saturated carbocycles. The zero-order valence-corrected chi connectivity index (χ0v) is 18.4. The number of likely N-dealkylation sites (tertiary alicyclic amines) is 1. The van der Waals surface area contributed by atoms with E-state index in [-0.39, 0.29) is 10.8 Å². The van der Waals surface area contributed by atoms with Crippen LogP contribution in [-0.2, 0) is 10.0 Å². The molecule has 0 bridgehead atoms. The standard InChI is InChI=1S/C22H27ClN2O3S/c1-16-6-8-19(9-7-16)22(26)25-14-11-18(12-15-25)10-13-24-29(27,28)21-5-3-4-20(23)17(21)2/h3-9,18,24H,10-15H2,1-2H3. The number of nitrogens with one attached hydrogen (secondary N) is 1. The van der Waals surface area contributed by atoms with Gasteiger partial charge in [-0.15, -0.1) is 0 Å². The number of aryl methyl sites for hydroxylation is 1. The summed E-state index contributed by atoms with van der Waals surface area (Å²) in [5, 5.41) is 0.443. The highest BCUT2D eigenvalue weighted by Crippen LogP contribution is 2.24. The van der Waals surface area contributed by atoms with Crippen LogP contribution in [0.1, 0.15) is 40.7 Å². The van der Waals surface area contributed by atoms with E-state index in [1.54, 1.807) is 25.1 Å². The summed E-state index contributed by atoms with van der Waals surface area (Å²) < 4.78 is 27.8. The normalized spacial score (nSPS) is 15.5. The van der Waals surface area contributed by atoms with Gasteiger partial charge in [-0.1, -0.05) is 35.4 Å². The van der Waals surface area contributed by atoms with Crippen LogP contribution in [0.2, 0.25) is 5.02 Å². The van der Waals surface area contributed by atoms with E-state index in [9.17, 15) is 13.2 Å². The topological polar surface area (TPSA) is 66.5 Å². The molecule has 0 spiro atoms. The largest absolute Gasteiger partial charge is 0.339 e. The molecule has 0 aromatic heterocycles. The van der Waals surface area contributed by atoms with Crippen LogP contribution in [0, 0.1) is 19.8 Å². The highest BCUT2D eigenvalue weighted by molar-refractivity contribution is 7.89. The van der Waals surface area contributed by atoms with Crippen molar-refractivity contribution in [3.8, 4) is 0 Å². The van der Waals surface area contributed by atoms with Gasteiger partial charge in [0.15, 0.2) is 0 Å². The average molecular weight is 435 g/mol. The monoisotopic (exact) mass is 434 g/mol. The predicted molar refractivity (Wildman–Crippen MR) is 116 cm³/mol. The molecule has 0 unspecified atom stereocenters. The zero-order valence-electron chi connectivity index (χ0n) is 16.8. The molecule has 0 atom stereocenters. The summed E-state index contributed by atoms with van der Waals surface area (Å²) >= 11 is 6.04. The average Bonchev–Trinajstić information content (AvgIpc) is 2.70. The lowest BCUT2D eigenvalue weighted by molar-refractivity contribution is 0.0687. The Morgan fingerprint density at radius 1 is 1.10 bits per heavy atom. The van der Waals surface area contributed by atoms with Gasteiger partial charge in [0, 0.05) is 30.2 Å². The molecular weight excluding hydrogens is 408 g/mol. The fourth-order valence-electron chi connectivity index (χ4n) is 3.66. The van der Waals surface area contributed by atoms with Gasteiger partial charge in [-0.2, -0.15) is 0 Å². The van der Waals surface area contributed by atoms with Crippen molar-refractivity contribution >= 4 is 27.5 Å². The molecule has 2 aromatic carbocycles. The number of rotatable bonds is 6. The number of carbonyl (C=O) groups excluding carboxylic acids is 1. The number of hydrogen-bond acceptors (Lipinski definition) is 3. The summed E-state index contributed by atoms with van der Waals surface area (Å²) in [7, 11) is -3.58. The van der Waals surface area contributed by atoms with E-state index in [2.05, 4.69) is 4.72 Å². The molecular formula is C22H27ClN2O3S. The minimum atomic E-state index is -3.58. The van der Waals surface area contributed by atoms with E-state index in [4.69, 9.17) is 11.6 Å². The van der Waals surface area contributed by atoms with Crippen molar-refractivity contribution < 1.29 is 13.2 Å². The van der Waals surface area contributed by atoms with E-state index >= 15 is 0 Å². The number of benzene rings is 2. The number of nitrogens with zero attached hydrogens (tertiary/aromatic N) is 1. The van der Waals surface area contributed by atoms with E-state index in [0.717, 1.165) is 30.4 Å². The van der Waals surface area contributed by atoms with Gasteiger partial charge in [-0.3, -0.25) is 4.79 Å². The third kappa shape index (κ3) is 5.38. The van der Waals surface area contributed by atoms with Gasteiger partial charge in [0.05, 0.1) is 4.90 Å². The molecule has 29 heavy (non-hydrogen) atoms. The Morgan fingerprint density at radius 3 is 2.41 bits per heavy atom. The van der Waals surface area contributed by atoms with E-state index < -0.39 is 10.0 Å². The second-order valence-electron chi connectivity index (χ2n) is 7.65. The first-order valence-corrected chi connectivity index (χ1v) is 11.7. The van der Waals surface area contributed by atoms with Gasteiger partial charge >= 0.3 is 0 Å². The molecule has 1 N–H and O–H groups in total. The molecule has 1 saturated heterocycles. The van der Waals surface area contributed by atoms with Crippen molar-refractivity contribution in [2.75, 3.05) is 19.6 Å². The maximum absolute atomic E-state index is 12.6. The van der Waals surface area contributed by atoms with Crippen molar-refractivity contribution in [3.05, 3.63) is 64.2 Å². The van der Waals surface area contributed by atoms with Crippen molar-refractivity contribution in [1.82, 2.24) is 9.62 Å². The molecule has 1 amide bonds. The van der Waals surface area contributed by atoms with Crippen molar-refractivity contribution in [2.45, 2.75) is 38.0 Å². The highest BCUT2D eigenvalue weighted by Gasteiger charge is 2.24. The van der Waals surface area contributed by atoms with Crippen molar-refractivity contribution in [2.24, 2.45) is 5.92 Å². The van der Waals surface area contributed by atoms with E-state index in [1.165, 1.54) is 0 Å². The Bertz CT molecular complexity index is 966. The number of halogens is 1. The van der Waals surface area contributed by atoms with Crippen LogP contribution in [0.15, 0.2) is 47.4 Å². The highest BCUT2D eigenvalue weighted by atomic mass is 35.5. The quantitative estimate of drug-likeness (QED) is 0.741. The van der Waals surface area contributed by atoms with E-state index in [1.807, 2.05) is 36.1 Å². The Morgan fingerprint density at radius 2 is 1.76 bits per heavy atom. The van der Waals surface area contributed by atoms with Crippen LogP contribution in [-0.4, -0.2) is 38.9 Å². The van der Waals surface area contributed by atoms with Gasteiger partial charge in [0.1, 0.15) is 0 Å². The summed E-state index contributed by atoms with van der Waals surface area (Å²) in [6.07, 6.45) is 2.52. The molecule has 1 fully saturated rings. The summed E-state index contributed by atoms with van der Waals surface area (Å²) in [4.78, 5) is 14.7. The molecule has 5 nitrogen and oxygen atoms in total. The van der Waals surface area contributed by atoms with Crippen LogP contribution in [0.25, 0.3) is 0 Å². The van der Waals surface area contributed by atoms with Gasteiger partial charge < -0.3 is 4.90 Å². The molecule has 2 aromatic rings. The zero-order chi connectivity index (χ0) is 21.0. The SMILES string of the molecule is Cc1ccc(C(=O)N2CCC(CCNS(=O)(=O)c3cccc(Cl)c3C)CC2)cc1. The van der Waals surface area contributed by atoms with Crippen LogP contribution in [0.3, 0.4) is 0 Å². The first kappa shape index (κ1) is 21.8. The summed E-state index contributed by atoms with van der Waals surface area (Å²) in [6.45, 7) is 5.50. The molecule has 0 aliphatic carbocycles. The minimum absolute atomic E-state index is 0.0700. The summed E-state index contributed by atoms with van der Waals surface area (Å²) in [5.41, 5.74) is 2.42. The van der Waals surface area contributed by atoms with Crippen LogP contribution in [0.5, 0.6) is 0 Å². The Kier molecular flexibility index (Phi) is 6.98. The number of amides is 1. The molecule has 1 heterocycles. The first-order chi connectivity index (χ1) is 13.8. The smallest absolute Gasteiger partial charge is 0.253 e. The van der Waals surface area contributed by atoms with Crippen LogP contribution < -0.4 is 4.72 Å². The van der Waals surface area contributed by atoms with Gasteiger partial charge in [0.2, 0.25) is 10.0 Å². The Labute approximate surface area is 178 Å². The molecule has 156 valence electrons. The fraction of sp³-hybridized carbons (Fsp3) is 0.409. The third-order valence-electron chi connectivity index (χ3n) is 5.55. The van der Waals surface area contributed by atoms with Gasteiger partial charge in [-0.05, 0) is 68.9 Å².